The SMILES string of the molecule is CCOSOc1cc(-c2ncc(C#N)cn2)c(N)nc1-c1nc2cc(C)cnc2n1C. The summed E-state index contributed by atoms with van der Waals surface area (Å²) in [4.78, 5) is 22.1. The number of pyridine rings is 2. The highest BCUT2D eigenvalue weighted by molar-refractivity contribution is 7.90. The van der Waals surface area contributed by atoms with Gasteiger partial charge in [-0.3, -0.25) is 4.18 Å². The van der Waals surface area contributed by atoms with Crippen molar-refractivity contribution in [1.82, 2.24) is 29.5 Å². The molecule has 156 valence electrons. The summed E-state index contributed by atoms with van der Waals surface area (Å²) < 4.78 is 12.9. The molecule has 0 fully saturated rings. The molecule has 0 aliphatic rings. The van der Waals surface area contributed by atoms with Crippen LogP contribution in [-0.2, 0) is 11.2 Å². The summed E-state index contributed by atoms with van der Waals surface area (Å²) in [7, 11) is 1.85. The van der Waals surface area contributed by atoms with Gasteiger partial charge in [-0.05, 0) is 31.5 Å². The van der Waals surface area contributed by atoms with Crippen LogP contribution < -0.4 is 9.92 Å². The quantitative estimate of drug-likeness (QED) is 0.355. The van der Waals surface area contributed by atoms with Crippen molar-refractivity contribution in [2.75, 3.05) is 12.3 Å². The Bertz CT molecular complexity index is 1300. The minimum Gasteiger partial charge on any atom is -0.398 e. The highest BCUT2D eigenvalue weighted by Gasteiger charge is 2.21. The largest absolute Gasteiger partial charge is 0.398 e. The molecule has 0 aromatic carbocycles. The first kappa shape index (κ1) is 20.5. The molecule has 2 N–H and O–H groups in total. The number of nitrogens with zero attached hydrogens (tertiary/aromatic N) is 7. The third-order valence-electron chi connectivity index (χ3n) is 4.39. The van der Waals surface area contributed by atoms with Gasteiger partial charge < -0.3 is 14.5 Å². The molecule has 0 spiro atoms. The number of fused-ring (bicyclic) bond motifs is 1. The lowest BCUT2D eigenvalue weighted by atomic mass is 10.2. The first-order valence-corrected chi connectivity index (χ1v) is 9.97. The van der Waals surface area contributed by atoms with Gasteiger partial charge in [-0.15, -0.1) is 0 Å². The van der Waals surface area contributed by atoms with Crippen molar-refractivity contribution >= 4 is 29.3 Å². The number of nitriles is 1. The van der Waals surface area contributed by atoms with E-state index in [9.17, 15) is 0 Å². The third-order valence-corrected chi connectivity index (χ3v) is 4.97. The molecule has 0 saturated carbocycles. The molecule has 0 bridgehead atoms. The van der Waals surface area contributed by atoms with E-state index in [0.29, 0.717) is 46.5 Å². The van der Waals surface area contributed by atoms with Crippen LogP contribution in [0.2, 0.25) is 0 Å². The van der Waals surface area contributed by atoms with Gasteiger partial charge in [-0.1, -0.05) is 0 Å². The average Bonchev–Trinajstić information content (AvgIpc) is 3.10. The lowest BCUT2D eigenvalue weighted by Crippen LogP contribution is -2.04. The Balaban J connectivity index is 1.86. The number of aryl methyl sites for hydroxylation is 2. The highest BCUT2D eigenvalue weighted by Crippen LogP contribution is 2.36. The van der Waals surface area contributed by atoms with E-state index in [1.54, 1.807) is 12.3 Å². The predicted octanol–water partition coefficient (Wildman–Crippen LogP) is 3.23. The van der Waals surface area contributed by atoms with Crippen LogP contribution in [0.25, 0.3) is 34.1 Å². The molecule has 0 aliphatic heterocycles. The number of hydrogen-bond acceptors (Lipinski definition) is 10. The van der Waals surface area contributed by atoms with Crippen molar-refractivity contribution in [2.45, 2.75) is 13.8 Å². The molecule has 0 radical (unpaired) electrons. The number of hydrogen-bond donors (Lipinski definition) is 1. The average molecular weight is 434 g/mol. The van der Waals surface area contributed by atoms with Crippen molar-refractivity contribution in [3.05, 3.63) is 41.9 Å². The lowest BCUT2D eigenvalue weighted by molar-refractivity contribution is 0.369. The van der Waals surface area contributed by atoms with E-state index in [1.165, 1.54) is 12.4 Å². The van der Waals surface area contributed by atoms with Crippen molar-refractivity contribution in [2.24, 2.45) is 7.05 Å². The second-order valence-corrected chi connectivity index (χ2v) is 7.12. The standard InChI is InChI=1S/C20H18N8O2S/c1-4-29-31-30-15-6-13(18-23-9-12(7-21)10-24-18)17(22)27-16(15)20-26-14-5-11(2)8-25-19(14)28(20)3/h5-6,8-10H,4H2,1-3H3,(H2,22,27). The fraction of sp³-hybridized carbons (Fsp3) is 0.200. The van der Waals surface area contributed by atoms with Crippen LogP contribution in [0.4, 0.5) is 5.82 Å². The minimum absolute atomic E-state index is 0.199. The molecule has 0 saturated heterocycles. The maximum absolute atomic E-state index is 8.97. The monoisotopic (exact) mass is 434 g/mol. The molecule has 4 aromatic rings. The van der Waals surface area contributed by atoms with Crippen LogP contribution in [0.1, 0.15) is 18.1 Å². The summed E-state index contributed by atoms with van der Waals surface area (Å²) >= 11 is 0.829. The van der Waals surface area contributed by atoms with Crippen LogP contribution in [0.5, 0.6) is 5.75 Å². The summed E-state index contributed by atoms with van der Waals surface area (Å²) in [6.45, 7) is 4.27. The Hall–Kier alpha value is -3.75. The molecule has 4 rings (SSSR count). The third kappa shape index (κ3) is 3.98. The number of anilines is 1. The van der Waals surface area contributed by atoms with Crippen molar-refractivity contribution in [3.8, 4) is 34.7 Å². The van der Waals surface area contributed by atoms with E-state index in [2.05, 4.69) is 24.9 Å². The summed E-state index contributed by atoms with van der Waals surface area (Å²) in [5, 5.41) is 8.97. The lowest BCUT2D eigenvalue weighted by Gasteiger charge is -2.12. The zero-order valence-corrected chi connectivity index (χ0v) is 17.8. The molecular weight excluding hydrogens is 416 g/mol. The fourth-order valence-electron chi connectivity index (χ4n) is 2.93. The Labute approximate surface area is 182 Å². The Kier molecular flexibility index (Phi) is 5.66. The van der Waals surface area contributed by atoms with Gasteiger partial charge in [-0.25, -0.2) is 24.9 Å². The minimum atomic E-state index is 0.199. The second kappa shape index (κ2) is 8.55. The smallest absolute Gasteiger partial charge is 0.225 e. The fourth-order valence-corrected chi connectivity index (χ4v) is 3.28. The molecular formula is C20H18N8O2S. The van der Waals surface area contributed by atoms with Crippen LogP contribution >= 0.6 is 12.3 Å². The normalized spacial score (nSPS) is 10.9. The number of imidazole rings is 1. The van der Waals surface area contributed by atoms with E-state index in [1.807, 2.05) is 37.6 Å². The molecule has 0 unspecified atom stereocenters. The maximum Gasteiger partial charge on any atom is 0.225 e. The Morgan fingerprint density at radius 2 is 1.94 bits per heavy atom. The van der Waals surface area contributed by atoms with E-state index < -0.39 is 0 Å². The molecule has 0 aliphatic carbocycles. The molecule has 31 heavy (non-hydrogen) atoms. The van der Waals surface area contributed by atoms with Gasteiger partial charge in [0.2, 0.25) is 12.3 Å². The van der Waals surface area contributed by atoms with E-state index in [0.717, 1.165) is 23.4 Å². The van der Waals surface area contributed by atoms with Crippen LogP contribution in [0, 0.1) is 18.3 Å². The van der Waals surface area contributed by atoms with Gasteiger partial charge in [-0.2, -0.15) is 5.26 Å². The maximum atomic E-state index is 8.97. The first-order chi connectivity index (χ1) is 15.0. The zero-order chi connectivity index (χ0) is 22.0. The van der Waals surface area contributed by atoms with Crippen molar-refractivity contribution in [1.29, 1.82) is 5.26 Å². The summed E-state index contributed by atoms with van der Waals surface area (Å²) in [5.74, 6) is 1.44. The van der Waals surface area contributed by atoms with Crippen LogP contribution in [0.15, 0.2) is 30.7 Å². The number of aromatic nitrogens is 6. The van der Waals surface area contributed by atoms with Gasteiger partial charge in [0.1, 0.15) is 17.4 Å². The van der Waals surface area contributed by atoms with E-state index >= 15 is 0 Å². The van der Waals surface area contributed by atoms with E-state index in [4.69, 9.17) is 19.4 Å². The molecule has 4 heterocycles. The topological polar surface area (TPSA) is 138 Å². The van der Waals surface area contributed by atoms with Crippen LogP contribution in [0.3, 0.4) is 0 Å². The molecule has 0 atom stereocenters. The summed E-state index contributed by atoms with van der Waals surface area (Å²) in [6, 6.07) is 5.62. The Morgan fingerprint density at radius 3 is 2.65 bits per heavy atom. The zero-order valence-electron chi connectivity index (χ0n) is 17.0. The van der Waals surface area contributed by atoms with Crippen molar-refractivity contribution in [3.63, 3.8) is 0 Å². The predicted molar refractivity (Wildman–Crippen MR) is 116 cm³/mol. The van der Waals surface area contributed by atoms with Gasteiger partial charge in [0.25, 0.3) is 0 Å². The molecule has 0 amide bonds. The van der Waals surface area contributed by atoms with Gasteiger partial charge >= 0.3 is 0 Å². The molecule has 4 aromatic heterocycles. The number of nitrogens with two attached hydrogens (primary N) is 1. The Morgan fingerprint density at radius 1 is 1.16 bits per heavy atom. The summed E-state index contributed by atoms with van der Waals surface area (Å²) in [6.07, 6.45) is 4.62. The van der Waals surface area contributed by atoms with E-state index in [-0.39, 0.29) is 5.82 Å². The number of nitrogen functional groups attached to an aromatic ring is 1. The first-order valence-electron chi connectivity index (χ1n) is 9.30. The van der Waals surface area contributed by atoms with Gasteiger partial charge in [0.15, 0.2) is 28.7 Å². The summed E-state index contributed by atoms with van der Waals surface area (Å²) in [5.41, 5.74) is 9.94. The van der Waals surface area contributed by atoms with Crippen molar-refractivity contribution < 1.29 is 8.37 Å². The van der Waals surface area contributed by atoms with Gasteiger partial charge in [0, 0.05) is 25.6 Å². The van der Waals surface area contributed by atoms with Gasteiger partial charge in [0.05, 0.1) is 17.7 Å². The molecule has 11 heteroatoms. The number of rotatable bonds is 6. The second-order valence-electron chi connectivity index (χ2n) is 6.58. The molecule has 10 nitrogen and oxygen atoms in total. The highest BCUT2D eigenvalue weighted by atomic mass is 32.2. The van der Waals surface area contributed by atoms with Crippen LogP contribution in [-0.4, -0.2) is 36.1 Å².